The number of benzene rings is 1. The highest BCUT2D eigenvalue weighted by atomic mass is 35.5. The first-order valence-corrected chi connectivity index (χ1v) is 11.1. The monoisotopic (exact) mass is 439 g/mol. The topological polar surface area (TPSA) is 89.0 Å². The minimum atomic E-state index is -0.410. The molecule has 0 saturated heterocycles. The molecule has 8 heteroatoms. The molecule has 0 fully saturated rings. The van der Waals surface area contributed by atoms with Crippen molar-refractivity contribution in [2.75, 3.05) is 30.3 Å². The van der Waals surface area contributed by atoms with Crippen LogP contribution >= 0.6 is 11.6 Å². The number of halogens is 1. The number of fused-ring (bicyclic) bond motifs is 2. The van der Waals surface area contributed by atoms with E-state index in [1.165, 1.54) is 42.2 Å². The van der Waals surface area contributed by atoms with Gasteiger partial charge in [0.15, 0.2) is 0 Å². The number of carbonyl (C=O) groups excluding carboxylic acids is 1. The summed E-state index contributed by atoms with van der Waals surface area (Å²) in [7, 11) is 0. The minimum Gasteiger partial charge on any atom is -0.462 e. The van der Waals surface area contributed by atoms with E-state index >= 15 is 0 Å². The van der Waals surface area contributed by atoms with Crippen LogP contribution in [0.15, 0.2) is 30.6 Å². The highest BCUT2D eigenvalue weighted by Crippen LogP contribution is 2.34. The first kappa shape index (κ1) is 21.3. The molecule has 1 aliphatic carbocycles. The summed E-state index contributed by atoms with van der Waals surface area (Å²) in [5, 5.41) is 8.66. The fraction of sp³-hybridized carbons (Fsp3) is 0.391. The van der Waals surface area contributed by atoms with Crippen molar-refractivity contribution < 1.29 is 9.53 Å². The molecular formula is C23H26ClN5O2. The molecular weight excluding hydrogens is 414 g/mol. The van der Waals surface area contributed by atoms with Crippen molar-refractivity contribution in [3.05, 3.63) is 52.4 Å². The predicted octanol–water partition coefficient (Wildman–Crippen LogP) is 4.65. The summed E-state index contributed by atoms with van der Waals surface area (Å²) in [4.78, 5) is 24.9. The summed E-state index contributed by atoms with van der Waals surface area (Å²) >= 11 is 6.19. The zero-order chi connectivity index (χ0) is 21.6. The van der Waals surface area contributed by atoms with Gasteiger partial charge in [-0.25, -0.2) is 14.8 Å². The van der Waals surface area contributed by atoms with E-state index in [0.29, 0.717) is 29.7 Å². The fourth-order valence-electron chi connectivity index (χ4n) is 3.84. The Kier molecular flexibility index (Phi) is 6.82. The highest BCUT2D eigenvalue weighted by Gasteiger charge is 2.18. The Balaban J connectivity index is 1.36. The molecule has 2 N–H and O–H groups in total. The number of rotatable bonds is 8. The molecule has 1 aliphatic rings. The Labute approximate surface area is 186 Å². The van der Waals surface area contributed by atoms with Gasteiger partial charge in [-0.3, -0.25) is 4.98 Å². The lowest BCUT2D eigenvalue weighted by atomic mass is 9.92. The standard InChI is InChI=1S/C23H26ClN5O2/c1-2-31-22(30)15-13-27-23(28-14-15)26-11-5-10-25-21-17-6-3-4-7-19(17)29-20-12-16(24)8-9-18(20)21/h8-9,12-14H,2-7,10-11H2,1H3,(H,25,29)(H,26,27,28). The summed E-state index contributed by atoms with van der Waals surface area (Å²) in [6.07, 6.45) is 8.30. The van der Waals surface area contributed by atoms with Crippen molar-refractivity contribution >= 4 is 40.1 Å². The van der Waals surface area contributed by atoms with Crippen molar-refractivity contribution in [2.24, 2.45) is 0 Å². The van der Waals surface area contributed by atoms with Crippen molar-refractivity contribution in [3.63, 3.8) is 0 Å². The van der Waals surface area contributed by atoms with E-state index in [4.69, 9.17) is 21.3 Å². The van der Waals surface area contributed by atoms with E-state index in [9.17, 15) is 4.79 Å². The smallest absolute Gasteiger partial charge is 0.341 e. The summed E-state index contributed by atoms with van der Waals surface area (Å²) in [5.41, 5.74) is 5.02. The number of aromatic nitrogens is 3. The molecule has 31 heavy (non-hydrogen) atoms. The maximum atomic E-state index is 11.7. The van der Waals surface area contributed by atoms with Crippen molar-refractivity contribution in [1.29, 1.82) is 0 Å². The van der Waals surface area contributed by atoms with Crippen LogP contribution in [-0.4, -0.2) is 40.6 Å². The second-order valence-corrected chi connectivity index (χ2v) is 7.94. The van der Waals surface area contributed by atoms with Gasteiger partial charge in [0, 0.05) is 47.3 Å². The third-order valence-electron chi connectivity index (χ3n) is 5.33. The molecule has 0 bridgehead atoms. The lowest BCUT2D eigenvalue weighted by Crippen LogP contribution is -2.15. The molecule has 1 aromatic carbocycles. The first-order valence-electron chi connectivity index (χ1n) is 10.7. The van der Waals surface area contributed by atoms with E-state index < -0.39 is 5.97 Å². The SMILES string of the molecule is CCOC(=O)c1cnc(NCCCNc2c3c(nc4cc(Cl)ccc24)CCCC3)nc1. The highest BCUT2D eigenvalue weighted by molar-refractivity contribution is 6.31. The molecule has 0 amide bonds. The molecule has 0 saturated carbocycles. The number of hydrogen-bond acceptors (Lipinski definition) is 7. The van der Waals surface area contributed by atoms with Gasteiger partial charge in [0.2, 0.25) is 5.95 Å². The van der Waals surface area contributed by atoms with Crippen LogP contribution < -0.4 is 10.6 Å². The number of esters is 1. The maximum Gasteiger partial charge on any atom is 0.341 e. The summed E-state index contributed by atoms with van der Waals surface area (Å²) in [6.45, 7) is 3.61. The molecule has 7 nitrogen and oxygen atoms in total. The van der Waals surface area contributed by atoms with Crippen LogP contribution in [0.1, 0.15) is 47.8 Å². The first-order chi connectivity index (χ1) is 15.2. The number of nitrogens with zero attached hydrogens (tertiary/aromatic N) is 3. The van der Waals surface area contributed by atoms with Gasteiger partial charge in [0.25, 0.3) is 0 Å². The Morgan fingerprint density at radius 3 is 2.71 bits per heavy atom. The molecule has 0 spiro atoms. The number of hydrogen-bond donors (Lipinski definition) is 2. The van der Waals surface area contributed by atoms with E-state index in [1.807, 2.05) is 12.1 Å². The Bertz CT molecular complexity index is 1070. The van der Waals surface area contributed by atoms with Gasteiger partial charge in [-0.1, -0.05) is 11.6 Å². The van der Waals surface area contributed by atoms with Gasteiger partial charge in [-0.2, -0.15) is 0 Å². The van der Waals surface area contributed by atoms with Crippen LogP contribution in [0.3, 0.4) is 0 Å². The fourth-order valence-corrected chi connectivity index (χ4v) is 4.01. The van der Waals surface area contributed by atoms with Crippen LogP contribution in [0.4, 0.5) is 11.6 Å². The van der Waals surface area contributed by atoms with Crippen LogP contribution in [0.25, 0.3) is 10.9 Å². The lowest BCUT2D eigenvalue weighted by Gasteiger charge is -2.22. The number of ether oxygens (including phenoxy) is 1. The van der Waals surface area contributed by atoms with Gasteiger partial charge < -0.3 is 15.4 Å². The number of aryl methyl sites for hydroxylation is 1. The van der Waals surface area contributed by atoms with Crippen molar-refractivity contribution in [2.45, 2.75) is 39.0 Å². The normalized spacial score (nSPS) is 13.0. The molecule has 0 radical (unpaired) electrons. The summed E-state index contributed by atoms with van der Waals surface area (Å²) in [6, 6.07) is 5.92. The third-order valence-corrected chi connectivity index (χ3v) is 5.56. The Hall–Kier alpha value is -2.93. The van der Waals surface area contributed by atoms with E-state index in [2.05, 4.69) is 26.7 Å². The molecule has 2 aromatic heterocycles. The minimum absolute atomic E-state index is 0.328. The molecule has 0 atom stereocenters. The lowest BCUT2D eigenvalue weighted by molar-refractivity contribution is 0.0525. The summed E-state index contributed by atoms with van der Waals surface area (Å²) in [5.74, 6) is 0.0851. The average Bonchev–Trinajstić information content (AvgIpc) is 2.78. The van der Waals surface area contributed by atoms with Gasteiger partial charge >= 0.3 is 5.97 Å². The second kappa shape index (κ2) is 9.92. The van der Waals surface area contributed by atoms with Crippen LogP contribution in [0.2, 0.25) is 5.02 Å². The molecule has 0 aliphatic heterocycles. The zero-order valence-corrected chi connectivity index (χ0v) is 18.3. The van der Waals surface area contributed by atoms with Crippen molar-refractivity contribution in [3.8, 4) is 0 Å². The van der Waals surface area contributed by atoms with Crippen LogP contribution in [-0.2, 0) is 17.6 Å². The number of nitrogens with one attached hydrogen (secondary N) is 2. The van der Waals surface area contributed by atoms with Crippen LogP contribution in [0.5, 0.6) is 0 Å². The second-order valence-electron chi connectivity index (χ2n) is 7.50. The van der Waals surface area contributed by atoms with Gasteiger partial charge in [0.05, 0.1) is 17.7 Å². The number of carbonyl (C=O) groups is 1. The molecule has 3 aromatic rings. The number of anilines is 2. The zero-order valence-electron chi connectivity index (χ0n) is 17.6. The number of pyridine rings is 1. The Morgan fingerprint density at radius 2 is 1.90 bits per heavy atom. The average molecular weight is 440 g/mol. The van der Waals surface area contributed by atoms with Gasteiger partial charge in [0.1, 0.15) is 0 Å². The van der Waals surface area contributed by atoms with Crippen LogP contribution in [0, 0.1) is 0 Å². The quantitative estimate of drug-likeness (QED) is 0.390. The molecule has 0 unspecified atom stereocenters. The van der Waals surface area contributed by atoms with Gasteiger partial charge in [-0.05, 0) is 62.8 Å². The predicted molar refractivity (Wildman–Crippen MR) is 123 cm³/mol. The molecule has 4 rings (SSSR count). The van der Waals surface area contributed by atoms with Gasteiger partial charge in [-0.15, -0.1) is 0 Å². The Morgan fingerprint density at radius 1 is 1.13 bits per heavy atom. The summed E-state index contributed by atoms with van der Waals surface area (Å²) < 4.78 is 4.94. The van der Waals surface area contributed by atoms with E-state index in [-0.39, 0.29) is 0 Å². The largest absolute Gasteiger partial charge is 0.462 e. The molecule has 162 valence electrons. The maximum absolute atomic E-state index is 11.7. The third kappa shape index (κ3) is 5.05. The van der Waals surface area contributed by atoms with Crippen molar-refractivity contribution in [1.82, 2.24) is 15.0 Å². The van der Waals surface area contributed by atoms with E-state index in [0.717, 1.165) is 36.7 Å². The van der Waals surface area contributed by atoms with E-state index in [1.54, 1.807) is 6.92 Å². The molecule has 2 heterocycles.